The van der Waals surface area contributed by atoms with E-state index in [0.29, 0.717) is 36.8 Å². The van der Waals surface area contributed by atoms with Gasteiger partial charge in [-0.2, -0.15) is 0 Å². The summed E-state index contributed by atoms with van der Waals surface area (Å²) in [6.07, 6.45) is 6.90. The molecule has 26 heavy (non-hydrogen) atoms. The third-order valence-electron chi connectivity index (χ3n) is 4.73. The number of carbonyl (C=O) groups is 2. The van der Waals surface area contributed by atoms with Crippen molar-refractivity contribution in [3.63, 3.8) is 0 Å². The molecule has 1 aromatic carbocycles. The van der Waals surface area contributed by atoms with Crippen molar-refractivity contribution in [3.8, 4) is 11.5 Å². The highest BCUT2D eigenvalue weighted by molar-refractivity contribution is 5.80. The van der Waals surface area contributed by atoms with E-state index < -0.39 is 0 Å². The monoisotopic (exact) mass is 363 g/mol. The van der Waals surface area contributed by atoms with Crippen molar-refractivity contribution in [2.75, 3.05) is 27.4 Å². The molecule has 1 amide bonds. The smallest absolute Gasteiger partial charge is 0.306 e. The molecule has 1 fully saturated rings. The van der Waals surface area contributed by atoms with E-state index in [-0.39, 0.29) is 18.5 Å². The average Bonchev–Trinajstić information content (AvgIpc) is 2.67. The fraction of sp³-hybridized carbons (Fsp3) is 0.600. The van der Waals surface area contributed by atoms with Gasteiger partial charge in [0.05, 0.1) is 14.2 Å². The van der Waals surface area contributed by atoms with Crippen LogP contribution < -0.4 is 14.8 Å². The summed E-state index contributed by atoms with van der Waals surface area (Å²) in [6.45, 7) is 0.256. The van der Waals surface area contributed by atoms with Gasteiger partial charge >= 0.3 is 5.97 Å². The summed E-state index contributed by atoms with van der Waals surface area (Å²) in [5, 5.41) is 2.77. The van der Waals surface area contributed by atoms with Crippen molar-refractivity contribution in [1.29, 1.82) is 0 Å². The van der Waals surface area contributed by atoms with Crippen LogP contribution in [0, 0.1) is 5.92 Å². The van der Waals surface area contributed by atoms with Crippen LogP contribution in [-0.2, 0) is 20.7 Å². The molecule has 6 nitrogen and oxygen atoms in total. The molecule has 0 saturated heterocycles. The molecule has 0 heterocycles. The zero-order valence-corrected chi connectivity index (χ0v) is 15.7. The molecule has 6 heteroatoms. The van der Waals surface area contributed by atoms with E-state index in [4.69, 9.17) is 14.2 Å². The zero-order chi connectivity index (χ0) is 18.8. The Morgan fingerprint density at radius 1 is 1.08 bits per heavy atom. The summed E-state index contributed by atoms with van der Waals surface area (Å²) in [6, 6.07) is 5.65. The van der Waals surface area contributed by atoms with E-state index in [2.05, 4.69) is 5.32 Å². The predicted octanol–water partition coefficient (Wildman–Crippen LogP) is 2.88. The van der Waals surface area contributed by atoms with E-state index in [0.717, 1.165) is 18.4 Å². The molecular weight excluding hydrogens is 334 g/mol. The highest BCUT2D eigenvalue weighted by Crippen LogP contribution is 2.28. The van der Waals surface area contributed by atoms with E-state index in [9.17, 15) is 9.59 Å². The first-order valence-electron chi connectivity index (χ1n) is 9.25. The first kappa shape index (κ1) is 20.1. The molecule has 1 saturated carbocycles. The van der Waals surface area contributed by atoms with Gasteiger partial charge in [-0.15, -0.1) is 0 Å². The minimum absolute atomic E-state index is 0.211. The van der Waals surface area contributed by atoms with Crippen molar-refractivity contribution in [3.05, 3.63) is 23.8 Å². The topological polar surface area (TPSA) is 73.9 Å². The molecule has 144 valence electrons. The Morgan fingerprint density at radius 2 is 1.81 bits per heavy atom. The quantitative estimate of drug-likeness (QED) is 0.683. The Labute approximate surface area is 155 Å². The fourth-order valence-corrected chi connectivity index (χ4v) is 3.27. The van der Waals surface area contributed by atoms with Crippen molar-refractivity contribution in [1.82, 2.24) is 5.32 Å². The molecule has 0 unspecified atom stereocenters. The zero-order valence-electron chi connectivity index (χ0n) is 15.7. The van der Waals surface area contributed by atoms with Gasteiger partial charge in [0.1, 0.15) is 0 Å². The molecule has 0 bridgehead atoms. The molecule has 0 radical (unpaired) electrons. The number of ether oxygens (including phenoxy) is 3. The molecule has 0 aliphatic heterocycles. The second-order valence-corrected chi connectivity index (χ2v) is 6.66. The van der Waals surface area contributed by atoms with Gasteiger partial charge < -0.3 is 19.5 Å². The van der Waals surface area contributed by atoms with E-state index in [1.807, 2.05) is 18.2 Å². The van der Waals surface area contributed by atoms with Crippen LogP contribution in [0.3, 0.4) is 0 Å². The van der Waals surface area contributed by atoms with Gasteiger partial charge in [0.25, 0.3) is 5.91 Å². The highest BCUT2D eigenvalue weighted by Gasteiger charge is 2.18. The lowest BCUT2D eigenvalue weighted by atomic mass is 9.87. The van der Waals surface area contributed by atoms with Gasteiger partial charge in [0.2, 0.25) is 0 Å². The second kappa shape index (κ2) is 10.7. The molecule has 0 atom stereocenters. The lowest BCUT2D eigenvalue weighted by molar-refractivity contribution is -0.149. The largest absolute Gasteiger partial charge is 0.493 e. The third-order valence-corrected chi connectivity index (χ3v) is 4.73. The Hall–Kier alpha value is -2.24. The molecular formula is C20H29NO5. The third kappa shape index (κ3) is 6.58. The van der Waals surface area contributed by atoms with Crippen LogP contribution in [0.2, 0.25) is 0 Å². The van der Waals surface area contributed by atoms with Gasteiger partial charge in [-0.05, 0) is 42.9 Å². The lowest BCUT2D eigenvalue weighted by Gasteiger charge is -2.20. The van der Waals surface area contributed by atoms with Gasteiger partial charge in [0, 0.05) is 13.0 Å². The standard InChI is InChI=1S/C20H29NO5/c1-24-17-9-8-16(12-18(17)25-2)10-11-21-19(22)14-26-20(23)13-15-6-4-3-5-7-15/h8-9,12,15H,3-7,10-11,13-14H2,1-2H3,(H,21,22). The highest BCUT2D eigenvalue weighted by atomic mass is 16.5. The Balaban J connectivity index is 1.64. The van der Waals surface area contributed by atoms with Crippen LogP contribution >= 0.6 is 0 Å². The Morgan fingerprint density at radius 3 is 2.50 bits per heavy atom. The molecule has 0 spiro atoms. The minimum atomic E-state index is -0.275. The van der Waals surface area contributed by atoms with Crippen molar-refractivity contribution in [2.24, 2.45) is 5.92 Å². The number of carbonyl (C=O) groups excluding carboxylic acids is 2. The lowest BCUT2D eigenvalue weighted by Crippen LogP contribution is -2.30. The number of benzene rings is 1. The molecule has 1 aliphatic carbocycles. The first-order chi connectivity index (χ1) is 12.6. The number of esters is 1. The van der Waals surface area contributed by atoms with E-state index >= 15 is 0 Å². The number of methoxy groups -OCH3 is 2. The average molecular weight is 363 g/mol. The van der Waals surface area contributed by atoms with Crippen molar-refractivity contribution >= 4 is 11.9 Å². The number of nitrogens with one attached hydrogen (secondary N) is 1. The van der Waals surface area contributed by atoms with Crippen LogP contribution in [0.1, 0.15) is 44.1 Å². The van der Waals surface area contributed by atoms with Crippen LogP contribution in [0.4, 0.5) is 0 Å². The van der Waals surface area contributed by atoms with Crippen molar-refractivity contribution in [2.45, 2.75) is 44.9 Å². The van der Waals surface area contributed by atoms with Gasteiger partial charge in [0.15, 0.2) is 18.1 Å². The summed E-state index contributed by atoms with van der Waals surface area (Å²) in [7, 11) is 3.18. The van der Waals surface area contributed by atoms with Gasteiger partial charge in [-0.25, -0.2) is 0 Å². The fourth-order valence-electron chi connectivity index (χ4n) is 3.27. The maximum Gasteiger partial charge on any atom is 0.306 e. The van der Waals surface area contributed by atoms with Crippen molar-refractivity contribution < 1.29 is 23.8 Å². The normalized spacial score (nSPS) is 14.5. The Bertz CT molecular complexity index is 596. The molecule has 1 aliphatic rings. The van der Waals surface area contributed by atoms with Crippen LogP contribution in [0.5, 0.6) is 11.5 Å². The predicted molar refractivity (Wildman–Crippen MR) is 98.4 cm³/mol. The van der Waals surface area contributed by atoms with E-state index in [1.165, 1.54) is 19.3 Å². The molecule has 1 aromatic rings. The van der Waals surface area contributed by atoms with Gasteiger partial charge in [-0.3, -0.25) is 9.59 Å². The molecule has 0 aromatic heterocycles. The maximum atomic E-state index is 11.8. The summed E-state index contributed by atoms with van der Waals surface area (Å²) < 4.78 is 15.5. The summed E-state index contributed by atoms with van der Waals surface area (Å²) >= 11 is 0. The summed E-state index contributed by atoms with van der Waals surface area (Å²) in [5.74, 6) is 1.21. The van der Waals surface area contributed by atoms with Gasteiger partial charge in [-0.1, -0.05) is 25.3 Å². The van der Waals surface area contributed by atoms with Crippen LogP contribution in [-0.4, -0.2) is 39.2 Å². The minimum Gasteiger partial charge on any atom is -0.493 e. The maximum absolute atomic E-state index is 11.8. The SMILES string of the molecule is COc1ccc(CCNC(=O)COC(=O)CC2CCCCC2)cc1OC. The molecule has 2 rings (SSSR count). The molecule has 1 N–H and O–H groups in total. The first-order valence-corrected chi connectivity index (χ1v) is 9.25. The second-order valence-electron chi connectivity index (χ2n) is 6.66. The number of hydrogen-bond acceptors (Lipinski definition) is 5. The Kier molecular flexibility index (Phi) is 8.25. The number of amides is 1. The number of rotatable bonds is 9. The summed E-state index contributed by atoms with van der Waals surface area (Å²) in [4.78, 5) is 23.6. The number of hydrogen-bond donors (Lipinski definition) is 1. The van der Waals surface area contributed by atoms with Crippen LogP contribution in [0.25, 0.3) is 0 Å². The van der Waals surface area contributed by atoms with Crippen LogP contribution in [0.15, 0.2) is 18.2 Å². The van der Waals surface area contributed by atoms with E-state index in [1.54, 1.807) is 14.2 Å². The summed E-state index contributed by atoms with van der Waals surface area (Å²) in [5.41, 5.74) is 1.03.